The molecule has 2 aromatic rings. The fourth-order valence-electron chi connectivity index (χ4n) is 2.73. The van der Waals surface area contributed by atoms with E-state index in [-0.39, 0.29) is 24.3 Å². The second kappa shape index (κ2) is 11.8. The van der Waals surface area contributed by atoms with E-state index in [9.17, 15) is 26.7 Å². The molecule has 0 aliphatic heterocycles. The molecule has 5 nitrogen and oxygen atoms in total. The molecular formula is C23H20F5NO4. The number of nitrogens with one attached hydrogen (secondary N) is 1. The van der Waals surface area contributed by atoms with Crippen LogP contribution in [0.15, 0.2) is 48.7 Å². The molecule has 2 aromatic carbocycles. The Morgan fingerprint density at radius 2 is 1.85 bits per heavy atom. The quantitative estimate of drug-likeness (QED) is 0.238. The number of carbonyl (C=O) groups excluding carboxylic acids is 1. The molecule has 33 heavy (non-hydrogen) atoms. The topological polar surface area (TPSA) is 56.8 Å². The summed E-state index contributed by atoms with van der Waals surface area (Å²) in [5.41, 5.74) is -0.536. The first-order chi connectivity index (χ1) is 15.7. The highest BCUT2D eigenvalue weighted by Crippen LogP contribution is 2.30. The normalized spacial score (nSPS) is 11.6. The molecule has 0 saturated carbocycles. The van der Waals surface area contributed by atoms with Gasteiger partial charge in [-0.1, -0.05) is 24.1 Å². The van der Waals surface area contributed by atoms with Gasteiger partial charge in [0.05, 0.1) is 18.2 Å². The molecule has 0 aliphatic carbocycles. The van der Waals surface area contributed by atoms with Gasteiger partial charge in [-0.15, -0.1) is 6.42 Å². The van der Waals surface area contributed by atoms with E-state index in [0.717, 1.165) is 29.8 Å². The van der Waals surface area contributed by atoms with Gasteiger partial charge >= 0.3 is 12.8 Å². The number of rotatable bonds is 10. The molecule has 2 rings (SSSR count). The minimum atomic E-state index is -4.58. The van der Waals surface area contributed by atoms with Crippen LogP contribution in [0, 0.1) is 12.3 Å². The van der Waals surface area contributed by atoms with Crippen LogP contribution in [0.3, 0.4) is 0 Å². The number of carbonyl (C=O) groups is 1. The van der Waals surface area contributed by atoms with Gasteiger partial charge in [0.2, 0.25) is 0 Å². The van der Waals surface area contributed by atoms with Crippen molar-refractivity contribution in [3.63, 3.8) is 0 Å². The smallest absolute Gasteiger partial charge is 0.416 e. The van der Waals surface area contributed by atoms with Gasteiger partial charge in [-0.25, -0.2) is 0 Å². The summed E-state index contributed by atoms with van der Waals surface area (Å²) in [7, 11) is 1.45. The molecule has 0 aromatic heterocycles. The van der Waals surface area contributed by atoms with Gasteiger partial charge in [0.25, 0.3) is 5.91 Å². The van der Waals surface area contributed by atoms with E-state index in [1.165, 1.54) is 7.11 Å². The van der Waals surface area contributed by atoms with E-state index in [1.807, 2.05) is 0 Å². The minimum Gasteiger partial charge on any atom is -0.493 e. The Balaban J connectivity index is 2.09. The number of alkyl halides is 5. The van der Waals surface area contributed by atoms with Crippen LogP contribution < -0.4 is 14.8 Å². The number of halogens is 5. The largest absolute Gasteiger partial charge is 0.493 e. The van der Waals surface area contributed by atoms with Gasteiger partial charge in [-0.2, -0.15) is 22.0 Å². The van der Waals surface area contributed by atoms with Crippen molar-refractivity contribution in [1.82, 2.24) is 5.32 Å². The van der Waals surface area contributed by atoms with E-state index in [0.29, 0.717) is 24.2 Å². The van der Waals surface area contributed by atoms with Crippen molar-refractivity contribution in [1.29, 1.82) is 0 Å². The molecule has 1 N–H and O–H groups in total. The first-order valence-electron chi connectivity index (χ1n) is 9.48. The summed E-state index contributed by atoms with van der Waals surface area (Å²) >= 11 is 0. The lowest BCUT2D eigenvalue weighted by Gasteiger charge is -2.13. The zero-order valence-corrected chi connectivity index (χ0v) is 17.4. The van der Waals surface area contributed by atoms with Gasteiger partial charge < -0.3 is 19.5 Å². The molecule has 0 spiro atoms. The lowest BCUT2D eigenvalue weighted by Crippen LogP contribution is -2.27. The maximum absolute atomic E-state index is 12.8. The molecule has 1 amide bonds. The molecule has 0 aliphatic rings. The first kappa shape index (κ1) is 25.5. The number of methoxy groups -OCH3 is 1. The molecule has 0 fully saturated rings. The Bertz CT molecular complexity index is 1010. The van der Waals surface area contributed by atoms with Crippen LogP contribution in [0.2, 0.25) is 0 Å². The molecule has 0 unspecified atom stereocenters. The van der Waals surface area contributed by atoms with Crippen LogP contribution in [0.25, 0.3) is 5.57 Å². The van der Waals surface area contributed by atoms with Gasteiger partial charge in [0.15, 0.2) is 11.5 Å². The third-order valence-electron chi connectivity index (χ3n) is 4.29. The number of hydrogen-bond acceptors (Lipinski definition) is 4. The zero-order chi connectivity index (χ0) is 24.4. The predicted molar refractivity (Wildman–Crippen MR) is 111 cm³/mol. The SMILES string of the molecule is C#CCOc1ccc(CCNC(=O)/C(=C/OC(F)F)c2ccc(C(F)(F)F)cc2)cc1OC. The predicted octanol–water partition coefficient (Wildman–Crippen LogP) is 4.67. The first-order valence-corrected chi connectivity index (χ1v) is 9.48. The lowest BCUT2D eigenvalue weighted by atomic mass is 10.0. The summed E-state index contributed by atoms with van der Waals surface area (Å²) in [5.74, 6) is 2.42. The van der Waals surface area contributed by atoms with Crippen molar-refractivity contribution in [3.8, 4) is 23.8 Å². The molecule has 0 heterocycles. The van der Waals surface area contributed by atoms with E-state index < -0.39 is 24.3 Å². The number of hydrogen-bond donors (Lipinski definition) is 1. The van der Waals surface area contributed by atoms with Crippen LogP contribution in [0.5, 0.6) is 11.5 Å². The molecule has 0 radical (unpaired) electrons. The molecule has 0 atom stereocenters. The third kappa shape index (κ3) is 7.71. The number of amides is 1. The van der Waals surface area contributed by atoms with E-state index in [2.05, 4.69) is 16.0 Å². The van der Waals surface area contributed by atoms with Gasteiger partial charge in [-0.05, 0) is 41.8 Å². The average molecular weight is 469 g/mol. The minimum absolute atomic E-state index is 0.0159. The van der Waals surface area contributed by atoms with E-state index in [1.54, 1.807) is 18.2 Å². The average Bonchev–Trinajstić information content (AvgIpc) is 2.77. The third-order valence-corrected chi connectivity index (χ3v) is 4.29. The number of ether oxygens (including phenoxy) is 3. The van der Waals surface area contributed by atoms with Crippen LogP contribution in [-0.2, 0) is 22.1 Å². The summed E-state index contributed by atoms with van der Waals surface area (Å²) in [5, 5.41) is 2.53. The highest BCUT2D eigenvalue weighted by molar-refractivity contribution is 6.19. The lowest BCUT2D eigenvalue weighted by molar-refractivity contribution is -0.137. The molecular weight excluding hydrogens is 449 g/mol. The van der Waals surface area contributed by atoms with Crippen molar-refractivity contribution in [3.05, 3.63) is 65.4 Å². The number of benzene rings is 2. The second-order valence-corrected chi connectivity index (χ2v) is 6.49. The van der Waals surface area contributed by atoms with E-state index in [4.69, 9.17) is 15.9 Å². The molecule has 0 saturated heterocycles. The second-order valence-electron chi connectivity index (χ2n) is 6.49. The summed E-state index contributed by atoms with van der Waals surface area (Å²) in [6.07, 6.45) is 1.44. The zero-order valence-electron chi connectivity index (χ0n) is 17.4. The van der Waals surface area contributed by atoms with E-state index >= 15 is 0 Å². The van der Waals surface area contributed by atoms with Gasteiger partial charge in [0, 0.05) is 6.54 Å². The highest BCUT2D eigenvalue weighted by Gasteiger charge is 2.30. The summed E-state index contributed by atoms with van der Waals surface area (Å²) in [4.78, 5) is 12.5. The highest BCUT2D eigenvalue weighted by atomic mass is 19.4. The summed E-state index contributed by atoms with van der Waals surface area (Å²) in [6, 6.07) is 8.56. The summed E-state index contributed by atoms with van der Waals surface area (Å²) < 4.78 is 77.9. The van der Waals surface area contributed by atoms with Crippen molar-refractivity contribution >= 4 is 11.5 Å². The Labute approximate surface area is 187 Å². The van der Waals surface area contributed by atoms with Crippen LogP contribution in [0.4, 0.5) is 22.0 Å². The van der Waals surface area contributed by atoms with Crippen molar-refractivity contribution in [2.45, 2.75) is 19.2 Å². The Morgan fingerprint density at radius 1 is 1.15 bits per heavy atom. The van der Waals surface area contributed by atoms with Crippen molar-refractivity contribution < 1.29 is 41.0 Å². The van der Waals surface area contributed by atoms with Crippen LogP contribution >= 0.6 is 0 Å². The number of terminal acetylenes is 1. The Hall–Kier alpha value is -3.74. The fraction of sp³-hybridized carbons (Fsp3) is 0.261. The van der Waals surface area contributed by atoms with Crippen molar-refractivity contribution in [2.24, 2.45) is 0 Å². The standard InChI is InChI=1S/C23H20F5NO4/c1-3-12-32-19-9-4-15(13-20(19)31-2)10-11-29-21(30)18(14-33-22(24)25)16-5-7-17(8-6-16)23(26,27)28/h1,4-9,13-14,22H,10-12H2,2H3,(H,29,30)/b18-14+. The Kier molecular flexibility index (Phi) is 9.09. The molecule has 0 bridgehead atoms. The van der Waals surface area contributed by atoms with Crippen LogP contribution in [0.1, 0.15) is 16.7 Å². The fourth-order valence-corrected chi connectivity index (χ4v) is 2.73. The van der Waals surface area contributed by atoms with Gasteiger partial charge in [-0.3, -0.25) is 4.79 Å². The molecule has 10 heteroatoms. The molecule has 176 valence electrons. The maximum Gasteiger partial charge on any atom is 0.416 e. The monoisotopic (exact) mass is 469 g/mol. The van der Waals surface area contributed by atoms with Crippen LogP contribution in [-0.4, -0.2) is 32.8 Å². The maximum atomic E-state index is 12.8. The van der Waals surface area contributed by atoms with Gasteiger partial charge in [0.1, 0.15) is 12.9 Å². The van der Waals surface area contributed by atoms with Crippen molar-refractivity contribution in [2.75, 3.05) is 20.3 Å². The Morgan fingerprint density at radius 3 is 2.42 bits per heavy atom. The summed E-state index contributed by atoms with van der Waals surface area (Å²) in [6.45, 7) is -3.05.